The Bertz CT molecular complexity index is 712. The first-order chi connectivity index (χ1) is 13.3. The molecule has 0 N–H and O–H groups in total. The zero-order valence-corrected chi connectivity index (χ0v) is 18.3. The van der Waals surface area contributed by atoms with Gasteiger partial charge in [-0.1, -0.05) is 19.1 Å². The number of rotatable bonds is 6. The lowest BCUT2D eigenvalue weighted by atomic mass is 10.1. The average Bonchev–Trinajstić information content (AvgIpc) is 3.32. The lowest BCUT2D eigenvalue weighted by molar-refractivity contribution is 0.0274. The Balaban J connectivity index is 1.74. The summed E-state index contributed by atoms with van der Waals surface area (Å²) in [5, 5.41) is 0. The minimum absolute atomic E-state index is 0.0558. The van der Waals surface area contributed by atoms with Crippen molar-refractivity contribution in [1.82, 2.24) is 9.80 Å². The largest absolute Gasteiger partial charge is 0.444 e. The highest BCUT2D eigenvalue weighted by molar-refractivity contribution is 7.99. The van der Waals surface area contributed by atoms with Gasteiger partial charge in [0.2, 0.25) is 0 Å². The summed E-state index contributed by atoms with van der Waals surface area (Å²) in [7, 11) is 0. The molecule has 2 amide bonds. The van der Waals surface area contributed by atoms with Crippen LogP contribution >= 0.6 is 11.8 Å². The average molecular weight is 405 g/mol. The third-order valence-electron chi connectivity index (χ3n) is 5.09. The van der Waals surface area contributed by atoms with Crippen molar-refractivity contribution in [1.29, 1.82) is 0 Å². The Morgan fingerprint density at radius 2 is 1.93 bits per heavy atom. The number of amides is 2. The standard InChI is InChI=1S/C22H32N2O3S/c1-5-28-19-9-7-6-8-18(19)20(25)24(14-16-10-11-16)17-12-13-23(15-17)21(26)27-22(2,3)4/h6-9,16-17H,5,10-15H2,1-4H3. The molecule has 1 aliphatic heterocycles. The first kappa shape index (κ1) is 21.0. The van der Waals surface area contributed by atoms with Crippen LogP contribution in [-0.2, 0) is 4.74 Å². The summed E-state index contributed by atoms with van der Waals surface area (Å²) in [5.74, 6) is 1.63. The zero-order valence-electron chi connectivity index (χ0n) is 17.4. The molecule has 28 heavy (non-hydrogen) atoms. The van der Waals surface area contributed by atoms with Gasteiger partial charge in [-0.05, 0) is 63.8 Å². The van der Waals surface area contributed by atoms with Crippen LogP contribution in [0.3, 0.4) is 0 Å². The molecule has 1 heterocycles. The highest BCUT2D eigenvalue weighted by Crippen LogP contribution is 2.33. The maximum absolute atomic E-state index is 13.5. The molecule has 1 aliphatic carbocycles. The molecule has 3 rings (SSSR count). The van der Waals surface area contributed by atoms with Crippen molar-refractivity contribution < 1.29 is 14.3 Å². The maximum Gasteiger partial charge on any atom is 0.410 e. The van der Waals surface area contributed by atoms with Crippen LogP contribution in [0.4, 0.5) is 4.79 Å². The molecule has 1 unspecified atom stereocenters. The molecular weight excluding hydrogens is 372 g/mol. The number of carbonyl (C=O) groups is 2. The fourth-order valence-corrected chi connectivity index (χ4v) is 4.34. The fourth-order valence-electron chi connectivity index (χ4n) is 3.54. The van der Waals surface area contributed by atoms with Crippen molar-refractivity contribution in [3.05, 3.63) is 29.8 Å². The van der Waals surface area contributed by atoms with E-state index in [1.807, 2.05) is 49.9 Å². The Morgan fingerprint density at radius 1 is 1.21 bits per heavy atom. The Labute approximate surface area is 172 Å². The molecule has 154 valence electrons. The quantitative estimate of drug-likeness (QED) is 0.647. The van der Waals surface area contributed by atoms with Crippen molar-refractivity contribution in [2.24, 2.45) is 5.92 Å². The van der Waals surface area contributed by atoms with Gasteiger partial charge < -0.3 is 14.5 Å². The van der Waals surface area contributed by atoms with E-state index in [1.54, 1.807) is 16.7 Å². The third kappa shape index (κ3) is 5.43. The second-order valence-corrected chi connectivity index (χ2v) is 10.0. The van der Waals surface area contributed by atoms with E-state index in [9.17, 15) is 9.59 Å². The molecule has 1 saturated heterocycles. The van der Waals surface area contributed by atoms with Crippen molar-refractivity contribution in [3.8, 4) is 0 Å². The fraction of sp³-hybridized carbons (Fsp3) is 0.636. The van der Waals surface area contributed by atoms with Crippen molar-refractivity contribution in [2.75, 3.05) is 25.4 Å². The maximum atomic E-state index is 13.5. The third-order valence-corrected chi connectivity index (χ3v) is 6.04. The normalized spacial score (nSPS) is 19.6. The molecule has 0 aromatic heterocycles. The highest BCUT2D eigenvalue weighted by atomic mass is 32.2. The van der Waals surface area contributed by atoms with Gasteiger partial charge in [-0.25, -0.2) is 4.79 Å². The molecule has 6 heteroatoms. The predicted octanol–water partition coefficient (Wildman–Crippen LogP) is 4.66. The summed E-state index contributed by atoms with van der Waals surface area (Å²) < 4.78 is 5.52. The second-order valence-electron chi connectivity index (χ2n) is 8.70. The number of benzene rings is 1. The Kier molecular flexibility index (Phi) is 6.58. The van der Waals surface area contributed by atoms with Crippen LogP contribution in [0.15, 0.2) is 29.2 Å². The van der Waals surface area contributed by atoms with Gasteiger partial charge in [0.05, 0.1) is 11.6 Å². The number of hydrogen-bond acceptors (Lipinski definition) is 4. The molecule has 0 radical (unpaired) electrons. The number of hydrogen-bond donors (Lipinski definition) is 0. The van der Waals surface area contributed by atoms with E-state index >= 15 is 0 Å². The van der Waals surface area contributed by atoms with Gasteiger partial charge in [0.15, 0.2) is 0 Å². The molecule has 1 aromatic carbocycles. The van der Waals surface area contributed by atoms with Crippen molar-refractivity contribution in [2.45, 2.75) is 63.5 Å². The van der Waals surface area contributed by atoms with Crippen LogP contribution in [0.1, 0.15) is 57.3 Å². The van der Waals surface area contributed by atoms with E-state index in [0.29, 0.717) is 19.0 Å². The second kappa shape index (κ2) is 8.76. The van der Waals surface area contributed by atoms with Gasteiger partial charge >= 0.3 is 6.09 Å². The van der Waals surface area contributed by atoms with Crippen LogP contribution in [0.25, 0.3) is 0 Å². The lowest BCUT2D eigenvalue weighted by Gasteiger charge is -2.30. The van der Waals surface area contributed by atoms with Crippen LogP contribution in [0.5, 0.6) is 0 Å². The van der Waals surface area contributed by atoms with Gasteiger partial charge in [-0.2, -0.15) is 0 Å². The monoisotopic (exact) mass is 404 g/mol. The van der Waals surface area contributed by atoms with E-state index in [-0.39, 0.29) is 18.0 Å². The number of thioether (sulfide) groups is 1. The zero-order chi connectivity index (χ0) is 20.3. The SMILES string of the molecule is CCSc1ccccc1C(=O)N(CC1CC1)C1CCN(C(=O)OC(C)(C)C)C1. The molecule has 2 aliphatic rings. The van der Waals surface area contributed by atoms with Gasteiger partial charge in [-0.15, -0.1) is 11.8 Å². The van der Waals surface area contributed by atoms with Crippen molar-refractivity contribution >= 4 is 23.8 Å². The first-order valence-corrected chi connectivity index (χ1v) is 11.3. The molecule has 2 fully saturated rings. The summed E-state index contributed by atoms with van der Waals surface area (Å²) in [6.07, 6.45) is 2.91. The van der Waals surface area contributed by atoms with Gasteiger partial charge in [0.25, 0.3) is 5.91 Å². The van der Waals surface area contributed by atoms with E-state index in [1.165, 1.54) is 12.8 Å². The Morgan fingerprint density at radius 3 is 2.57 bits per heavy atom. The summed E-state index contributed by atoms with van der Waals surface area (Å²) in [6.45, 7) is 9.72. The number of carbonyl (C=O) groups excluding carboxylic acids is 2. The highest BCUT2D eigenvalue weighted by Gasteiger charge is 2.38. The molecule has 1 aromatic rings. The van der Waals surface area contributed by atoms with Crippen LogP contribution < -0.4 is 0 Å². The summed E-state index contributed by atoms with van der Waals surface area (Å²) in [4.78, 5) is 30.7. The van der Waals surface area contributed by atoms with E-state index < -0.39 is 5.60 Å². The smallest absolute Gasteiger partial charge is 0.410 e. The minimum atomic E-state index is -0.505. The number of ether oxygens (including phenoxy) is 1. The predicted molar refractivity (Wildman–Crippen MR) is 113 cm³/mol. The molecule has 5 nitrogen and oxygen atoms in total. The first-order valence-electron chi connectivity index (χ1n) is 10.3. The van der Waals surface area contributed by atoms with Gasteiger partial charge in [0, 0.05) is 24.5 Å². The van der Waals surface area contributed by atoms with Crippen LogP contribution in [-0.4, -0.2) is 58.8 Å². The van der Waals surface area contributed by atoms with E-state index in [0.717, 1.165) is 29.2 Å². The molecule has 0 bridgehead atoms. The molecule has 1 saturated carbocycles. The summed E-state index contributed by atoms with van der Waals surface area (Å²) in [6, 6.07) is 7.93. The minimum Gasteiger partial charge on any atom is -0.444 e. The van der Waals surface area contributed by atoms with Crippen LogP contribution in [0.2, 0.25) is 0 Å². The van der Waals surface area contributed by atoms with Gasteiger partial charge in [-0.3, -0.25) is 4.79 Å². The molecule has 0 spiro atoms. The van der Waals surface area contributed by atoms with Crippen LogP contribution in [0, 0.1) is 5.92 Å². The topological polar surface area (TPSA) is 49.9 Å². The summed E-state index contributed by atoms with van der Waals surface area (Å²) >= 11 is 1.70. The van der Waals surface area contributed by atoms with E-state index in [4.69, 9.17) is 4.74 Å². The molecular formula is C22H32N2O3S. The number of likely N-dealkylation sites (tertiary alicyclic amines) is 1. The number of nitrogens with zero attached hydrogens (tertiary/aromatic N) is 2. The lowest BCUT2D eigenvalue weighted by Crippen LogP contribution is -2.44. The summed E-state index contributed by atoms with van der Waals surface area (Å²) in [5.41, 5.74) is 0.278. The van der Waals surface area contributed by atoms with E-state index in [2.05, 4.69) is 6.92 Å². The Hall–Kier alpha value is -1.69. The van der Waals surface area contributed by atoms with Crippen molar-refractivity contribution in [3.63, 3.8) is 0 Å². The van der Waals surface area contributed by atoms with Gasteiger partial charge in [0.1, 0.15) is 5.60 Å². The molecule has 1 atom stereocenters.